The summed E-state index contributed by atoms with van der Waals surface area (Å²) in [6, 6.07) is 7.21. The number of hydrogen-bond acceptors (Lipinski definition) is 14. The van der Waals surface area contributed by atoms with E-state index >= 15 is 0 Å². The molecule has 1 atom stereocenters. The van der Waals surface area contributed by atoms with Gasteiger partial charge in [-0.1, -0.05) is 7.43 Å². The number of carbonyl (C=O) groups excluding carboxylic acids is 5. The van der Waals surface area contributed by atoms with Gasteiger partial charge in [0.15, 0.2) is 0 Å². The van der Waals surface area contributed by atoms with Crippen molar-refractivity contribution in [3.05, 3.63) is 51.9 Å². The van der Waals surface area contributed by atoms with Crippen LogP contribution in [0.1, 0.15) is 72.4 Å². The van der Waals surface area contributed by atoms with E-state index in [0.717, 1.165) is 10.9 Å². The number of carbonyl (C=O) groups is 5. The number of ether oxygens (including phenoxy) is 3. The lowest BCUT2D eigenvalue weighted by Gasteiger charge is -2.16. The Labute approximate surface area is 303 Å². The van der Waals surface area contributed by atoms with Crippen LogP contribution in [0.3, 0.4) is 0 Å². The first-order chi connectivity index (χ1) is 24.0. The molecule has 15 heteroatoms. The van der Waals surface area contributed by atoms with E-state index in [2.05, 4.69) is 5.32 Å². The second-order valence-corrected chi connectivity index (χ2v) is 10.9. The van der Waals surface area contributed by atoms with Crippen molar-refractivity contribution in [1.82, 2.24) is 0 Å². The molecule has 0 fully saturated rings. The van der Waals surface area contributed by atoms with Crippen LogP contribution >= 0.6 is 0 Å². The number of esters is 3. The Balaban J connectivity index is 0.000000773. The quantitative estimate of drug-likeness (QED) is 0.0587. The molecule has 288 valence electrons. The third kappa shape index (κ3) is 14.3. The molecule has 1 aromatic heterocycles. The second kappa shape index (κ2) is 23.0. The first-order valence-electron chi connectivity index (χ1n) is 16.2. The normalized spacial score (nSPS) is 10.5. The van der Waals surface area contributed by atoms with Gasteiger partial charge in [0.1, 0.15) is 34.5 Å². The van der Waals surface area contributed by atoms with E-state index in [1.54, 1.807) is 47.9 Å². The van der Waals surface area contributed by atoms with E-state index in [4.69, 9.17) is 23.7 Å². The fraction of sp³-hybridized carbons (Fsp3) is 0.459. The van der Waals surface area contributed by atoms with Crippen molar-refractivity contribution in [1.29, 1.82) is 0 Å². The Bertz CT molecular complexity index is 1730. The zero-order valence-electron chi connectivity index (χ0n) is 30.3. The van der Waals surface area contributed by atoms with Crippen LogP contribution in [0.15, 0.2) is 39.5 Å². The molecule has 15 nitrogen and oxygen atoms in total. The molecular weight excluding hydrogens is 680 g/mol. The summed E-state index contributed by atoms with van der Waals surface area (Å²) in [5.41, 5.74) is 1.94. The predicted octanol–water partition coefficient (Wildman–Crippen LogP) is 5.16. The zero-order valence-corrected chi connectivity index (χ0v) is 30.3. The largest absolute Gasteiger partial charge is 0.508 e. The average molecular weight is 733 g/mol. The van der Waals surface area contributed by atoms with Crippen molar-refractivity contribution >= 4 is 51.9 Å². The van der Waals surface area contributed by atoms with Crippen LogP contribution in [0.4, 0.5) is 11.4 Å². The first kappa shape index (κ1) is 46.4. The van der Waals surface area contributed by atoms with Gasteiger partial charge >= 0.3 is 23.5 Å². The van der Waals surface area contributed by atoms with Crippen molar-refractivity contribution in [2.75, 3.05) is 44.1 Å². The van der Waals surface area contributed by atoms with Gasteiger partial charge in [-0.25, -0.2) is 4.79 Å². The molecule has 0 aliphatic heterocycles. The van der Waals surface area contributed by atoms with Crippen molar-refractivity contribution in [3.63, 3.8) is 0 Å². The number of Topliss-reactive ketones (excluding diaryl/α,β-unsaturated/α-hetero) is 1. The molecule has 3 aromatic rings. The lowest BCUT2D eigenvalue weighted by molar-refractivity contribution is -0.152. The number of hydrogen-bond donors (Lipinski definition) is 4. The van der Waals surface area contributed by atoms with Gasteiger partial charge in [-0.15, -0.1) is 0 Å². The lowest BCUT2D eigenvalue weighted by Crippen LogP contribution is -2.25. The molecule has 4 N–H and O–H groups in total. The molecule has 3 rings (SSSR count). The number of nitrogens with zero attached hydrogens (tertiary/aromatic N) is 1. The molecule has 0 bridgehead atoms. The minimum Gasteiger partial charge on any atom is -0.508 e. The van der Waals surface area contributed by atoms with Crippen LogP contribution in [0.2, 0.25) is 0 Å². The summed E-state index contributed by atoms with van der Waals surface area (Å²) in [5.74, 6) is -2.78. The number of aromatic hydroxyl groups is 3. The minimum atomic E-state index is -0.857. The van der Waals surface area contributed by atoms with Gasteiger partial charge in [0.2, 0.25) is 5.91 Å². The number of amides is 1. The SMILES string of the molecule is C.CC(=O)N(C)c1ccc(O)cc1O.CCOC(=O)CCC(C(C)=O)C(=O)OCC.CCOC(=O)CCc1c(C)c2cc(NC)c(O)cc2oc1=O. The molecule has 2 aromatic carbocycles. The number of phenols is 3. The maximum Gasteiger partial charge on any atom is 0.339 e. The van der Waals surface area contributed by atoms with E-state index in [0.29, 0.717) is 35.7 Å². The van der Waals surface area contributed by atoms with E-state index in [9.17, 15) is 39.0 Å². The molecule has 0 aliphatic carbocycles. The number of aryl methyl sites for hydroxylation is 1. The first-order valence-corrected chi connectivity index (χ1v) is 16.2. The van der Waals surface area contributed by atoms with Gasteiger partial charge in [0.25, 0.3) is 0 Å². The number of benzene rings is 2. The van der Waals surface area contributed by atoms with Gasteiger partial charge in [-0.3, -0.25) is 24.0 Å². The monoisotopic (exact) mass is 732 g/mol. The number of anilines is 2. The average Bonchev–Trinajstić information content (AvgIpc) is 3.05. The van der Waals surface area contributed by atoms with Crippen LogP contribution in [0.25, 0.3) is 11.0 Å². The summed E-state index contributed by atoms with van der Waals surface area (Å²) >= 11 is 0. The van der Waals surface area contributed by atoms with Crippen LogP contribution < -0.4 is 15.8 Å². The van der Waals surface area contributed by atoms with Crippen molar-refractivity contribution < 1.29 is 57.9 Å². The topological polar surface area (TPSA) is 219 Å². The molecule has 1 amide bonds. The molecular formula is C37H52N2O13. The molecule has 0 radical (unpaired) electrons. The molecule has 52 heavy (non-hydrogen) atoms. The molecule has 1 heterocycles. The molecule has 0 saturated heterocycles. The minimum absolute atomic E-state index is 0. The van der Waals surface area contributed by atoms with E-state index in [-0.39, 0.29) is 74.6 Å². The highest BCUT2D eigenvalue weighted by molar-refractivity contribution is 5.98. The highest BCUT2D eigenvalue weighted by Crippen LogP contribution is 2.31. The Morgan fingerprint density at radius 2 is 1.44 bits per heavy atom. The maximum atomic E-state index is 12.1. The van der Waals surface area contributed by atoms with E-state index < -0.39 is 23.5 Å². The summed E-state index contributed by atoms with van der Waals surface area (Å²) in [6.07, 6.45) is 0.588. The lowest BCUT2D eigenvalue weighted by atomic mass is 9.99. The molecule has 1 unspecified atom stereocenters. The highest BCUT2D eigenvalue weighted by atomic mass is 16.5. The highest BCUT2D eigenvalue weighted by Gasteiger charge is 2.25. The zero-order chi connectivity index (χ0) is 38.8. The van der Waals surface area contributed by atoms with Crippen LogP contribution in [-0.4, -0.2) is 78.8 Å². The Hall–Kier alpha value is -5.60. The third-order valence-corrected chi connectivity index (χ3v) is 7.35. The summed E-state index contributed by atoms with van der Waals surface area (Å²) in [6.45, 7) is 10.4. The Morgan fingerprint density at radius 3 is 1.94 bits per heavy atom. The van der Waals surface area contributed by atoms with Crippen LogP contribution in [-0.2, 0) is 44.6 Å². The summed E-state index contributed by atoms with van der Waals surface area (Å²) in [5, 5.41) is 31.8. The molecule has 0 saturated carbocycles. The van der Waals surface area contributed by atoms with Crippen molar-refractivity contribution in [2.24, 2.45) is 5.92 Å². The fourth-order valence-electron chi connectivity index (χ4n) is 4.56. The number of phenolic OH excluding ortho intramolecular Hbond substituents is 3. The van der Waals surface area contributed by atoms with Gasteiger partial charge in [0.05, 0.1) is 31.2 Å². The Kier molecular flexibility index (Phi) is 20.5. The van der Waals surface area contributed by atoms with E-state index in [1.165, 1.54) is 43.0 Å². The van der Waals surface area contributed by atoms with Crippen molar-refractivity contribution in [3.8, 4) is 17.2 Å². The number of nitrogens with one attached hydrogen (secondary N) is 1. The van der Waals surface area contributed by atoms with Crippen molar-refractivity contribution in [2.45, 2.75) is 74.7 Å². The fourth-order valence-corrected chi connectivity index (χ4v) is 4.56. The van der Waals surface area contributed by atoms with Crippen LogP contribution in [0.5, 0.6) is 17.2 Å². The van der Waals surface area contributed by atoms with Gasteiger partial charge in [-0.2, -0.15) is 0 Å². The number of fused-ring (bicyclic) bond motifs is 1. The smallest absolute Gasteiger partial charge is 0.339 e. The number of rotatable bonds is 13. The second-order valence-electron chi connectivity index (χ2n) is 10.9. The molecule has 0 spiro atoms. The van der Waals surface area contributed by atoms with Gasteiger partial charge in [-0.05, 0) is 71.2 Å². The maximum absolute atomic E-state index is 12.1. The molecule has 0 aliphatic rings. The van der Waals surface area contributed by atoms with Gasteiger partial charge < -0.3 is 44.2 Å². The predicted molar refractivity (Wildman–Crippen MR) is 196 cm³/mol. The standard InChI is InChI=1S/C16H19NO5.C11H18O5.C9H11NO3.CH4/c1-4-21-15(19)6-5-10-9(2)11-7-12(17-3)13(18)8-14(11)22-16(10)20;1-4-15-10(13)7-6-9(8(3)12)11(14)16-5-2;1-6(11)10(2)8-4-3-7(12)5-9(8)13;/h7-8,17-18H,4-6H2,1-3H3;9H,4-7H2,1-3H3;3-5,12-13H,1-2H3;1H4. The summed E-state index contributed by atoms with van der Waals surface area (Å²) < 4.78 is 19.6. The summed E-state index contributed by atoms with van der Waals surface area (Å²) in [7, 11) is 3.24. The van der Waals surface area contributed by atoms with Gasteiger partial charge in [0, 0.05) is 56.9 Å². The van der Waals surface area contributed by atoms with Crippen LogP contribution in [0, 0.1) is 12.8 Å². The number of ketones is 1. The Morgan fingerprint density at radius 1 is 0.865 bits per heavy atom. The third-order valence-electron chi connectivity index (χ3n) is 7.35. The summed E-state index contributed by atoms with van der Waals surface area (Å²) in [4.78, 5) is 69.4. The van der Waals surface area contributed by atoms with E-state index in [1.807, 2.05) is 0 Å².